The zero-order valence-corrected chi connectivity index (χ0v) is 26.6. The van der Waals surface area contributed by atoms with Crippen LogP contribution in [0.1, 0.15) is 92.6 Å². The van der Waals surface area contributed by atoms with E-state index in [-0.39, 0.29) is 36.1 Å². The number of ether oxygens (including phenoxy) is 2. The molecule has 2 aromatic carbocycles. The number of carbonyl (C=O) groups is 3. The molecule has 238 valence electrons. The molecule has 0 bridgehead atoms. The van der Waals surface area contributed by atoms with E-state index in [1.807, 2.05) is 36.4 Å². The van der Waals surface area contributed by atoms with Gasteiger partial charge in [-0.25, -0.2) is 4.79 Å². The van der Waals surface area contributed by atoms with Crippen LogP contribution >= 0.6 is 0 Å². The van der Waals surface area contributed by atoms with Crippen LogP contribution in [0.5, 0.6) is 5.75 Å². The molecule has 0 unspecified atom stereocenters. The monoisotopic (exact) mass is 615 g/mol. The largest absolute Gasteiger partial charge is 1.00 e. The first kappa shape index (κ1) is 36.1. The second-order valence-corrected chi connectivity index (χ2v) is 11.5. The molecule has 3 rings (SSSR count). The van der Waals surface area contributed by atoms with Gasteiger partial charge in [0.05, 0.1) is 19.2 Å². The van der Waals surface area contributed by atoms with Gasteiger partial charge in [-0.15, -0.1) is 0 Å². The summed E-state index contributed by atoms with van der Waals surface area (Å²) in [4.78, 5) is 38.0. The van der Waals surface area contributed by atoms with Gasteiger partial charge in [-0.1, -0.05) is 63.3 Å². The zero-order valence-electron chi connectivity index (χ0n) is 25.9. The van der Waals surface area contributed by atoms with Crippen LogP contribution in [0, 0.1) is 11.8 Å². The molecule has 5 N–H and O–H groups in total. The molecule has 0 aromatic heterocycles. The van der Waals surface area contributed by atoms with E-state index in [1.54, 1.807) is 12.1 Å². The minimum absolute atomic E-state index is 0. The summed E-state index contributed by atoms with van der Waals surface area (Å²) in [7, 11) is 1.36. The molecule has 1 atom stereocenters. The van der Waals surface area contributed by atoms with Crippen molar-refractivity contribution in [2.45, 2.75) is 90.2 Å². The average Bonchev–Trinajstić information content (AvgIpc) is 3.03. The Bertz CT molecular complexity index is 1100. The van der Waals surface area contributed by atoms with E-state index in [0.29, 0.717) is 36.8 Å². The second-order valence-electron chi connectivity index (χ2n) is 11.5. The molecule has 1 aliphatic carbocycles. The number of hydrogen-bond acceptors (Lipinski definition) is 5. The molecule has 8 nitrogen and oxygen atoms in total. The van der Waals surface area contributed by atoms with Gasteiger partial charge in [-0.3, -0.25) is 9.59 Å². The topological polar surface area (TPSA) is 121 Å². The minimum Gasteiger partial charge on any atom is -1.00 e. The van der Waals surface area contributed by atoms with Crippen molar-refractivity contribution >= 4 is 17.8 Å². The number of halogens is 1. The Morgan fingerprint density at radius 2 is 1.51 bits per heavy atom. The van der Waals surface area contributed by atoms with E-state index in [2.05, 4.69) is 23.3 Å². The minimum atomic E-state index is -0.622. The Morgan fingerprint density at radius 3 is 2.14 bits per heavy atom. The second kappa shape index (κ2) is 20.0. The van der Waals surface area contributed by atoms with E-state index in [1.165, 1.54) is 32.8 Å². The summed E-state index contributed by atoms with van der Waals surface area (Å²) in [6.07, 6.45) is 11.1. The van der Waals surface area contributed by atoms with Crippen molar-refractivity contribution in [3.63, 3.8) is 0 Å². The molecule has 1 saturated carbocycles. The van der Waals surface area contributed by atoms with E-state index in [9.17, 15) is 14.4 Å². The quantitative estimate of drug-likeness (QED) is 0.184. The maximum atomic E-state index is 13.2. The number of rotatable bonds is 17. The summed E-state index contributed by atoms with van der Waals surface area (Å²) in [5.41, 5.74) is 6.40. The van der Waals surface area contributed by atoms with Crippen molar-refractivity contribution in [3.05, 3.63) is 65.2 Å². The number of esters is 1. The predicted molar refractivity (Wildman–Crippen MR) is 164 cm³/mol. The Hall–Kier alpha value is -3.10. The number of quaternary nitrogens is 1. The summed E-state index contributed by atoms with van der Waals surface area (Å²) < 4.78 is 10.7. The molecule has 1 fully saturated rings. The van der Waals surface area contributed by atoms with E-state index < -0.39 is 6.04 Å². The lowest BCUT2D eigenvalue weighted by Crippen LogP contribution is -3.00. The number of hydrogen-bond donors (Lipinski definition) is 3. The van der Waals surface area contributed by atoms with Crippen LogP contribution in [0.2, 0.25) is 0 Å². The summed E-state index contributed by atoms with van der Waals surface area (Å²) >= 11 is 0. The lowest BCUT2D eigenvalue weighted by Gasteiger charge is -2.27. The van der Waals surface area contributed by atoms with Crippen molar-refractivity contribution < 1.29 is 42.0 Å². The third kappa shape index (κ3) is 12.6. The fourth-order valence-electron chi connectivity index (χ4n) is 5.43. The highest BCUT2D eigenvalue weighted by atomic mass is 35.5. The van der Waals surface area contributed by atoms with Gasteiger partial charge in [0, 0.05) is 24.8 Å². The van der Waals surface area contributed by atoms with E-state index in [4.69, 9.17) is 9.47 Å². The Balaban J connectivity index is 0.00000645. The van der Waals surface area contributed by atoms with Crippen molar-refractivity contribution in [3.8, 4) is 5.75 Å². The third-order valence-corrected chi connectivity index (χ3v) is 8.23. The molecule has 0 saturated heterocycles. The van der Waals surface area contributed by atoms with Gasteiger partial charge in [0.2, 0.25) is 11.8 Å². The maximum absolute atomic E-state index is 13.2. The summed E-state index contributed by atoms with van der Waals surface area (Å²) in [6.45, 7) is 4.10. The van der Waals surface area contributed by atoms with Crippen LogP contribution in [0.25, 0.3) is 0 Å². The highest BCUT2D eigenvalue weighted by Crippen LogP contribution is 2.28. The van der Waals surface area contributed by atoms with Crippen LogP contribution < -0.4 is 33.5 Å². The van der Waals surface area contributed by atoms with Gasteiger partial charge >= 0.3 is 5.97 Å². The number of carbonyl (C=O) groups excluding carboxylic acids is 3. The summed E-state index contributed by atoms with van der Waals surface area (Å²) in [6, 6.07) is 14.1. The molecule has 9 heteroatoms. The first-order valence-electron chi connectivity index (χ1n) is 15.7. The van der Waals surface area contributed by atoms with Crippen LogP contribution in [-0.2, 0) is 27.4 Å². The number of unbranched alkanes of at least 4 members (excludes halogenated alkanes) is 5. The normalized spacial score (nSPS) is 16.8. The Labute approximate surface area is 263 Å². The fraction of sp³-hybridized carbons (Fsp3) is 0.559. The standard InChI is InChI=1S/C34H49N3O5.ClH/c1-3-4-5-6-7-8-21-36-33(39)31(37-32(38)28-15-9-26(23-35)10-16-28)22-25-13-19-30(20-14-25)42-24-27-11-17-29(18-12-27)34(40)41-2;/h11-14,17-20,26,28,31H,3-10,15-16,21-24,35H2,1-2H3,(H,36,39)(H,37,38);1H/t26?,28?,31-;/m0./s1. The van der Waals surface area contributed by atoms with Crippen LogP contribution in [-0.4, -0.2) is 44.0 Å². The van der Waals surface area contributed by atoms with E-state index >= 15 is 0 Å². The maximum Gasteiger partial charge on any atom is 0.337 e. The Morgan fingerprint density at radius 1 is 0.884 bits per heavy atom. The first-order valence-corrected chi connectivity index (χ1v) is 15.7. The van der Waals surface area contributed by atoms with Gasteiger partial charge < -0.3 is 38.2 Å². The molecule has 0 aliphatic heterocycles. The zero-order chi connectivity index (χ0) is 30.2. The molecule has 0 spiro atoms. The summed E-state index contributed by atoms with van der Waals surface area (Å²) in [5.74, 6) is 0.746. The lowest BCUT2D eigenvalue weighted by molar-refractivity contribution is -0.380. The molecule has 1 aliphatic rings. The van der Waals surface area contributed by atoms with Gasteiger partial charge in [-0.05, 0) is 67.5 Å². The van der Waals surface area contributed by atoms with Gasteiger partial charge in [-0.2, -0.15) is 0 Å². The molecule has 0 radical (unpaired) electrons. The first-order chi connectivity index (χ1) is 20.4. The Kier molecular flexibility index (Phi) is 16.8. The molecule has 43 heavy (non-hydrogen) atoms. The van der Waals surface area contributed by atoms with Crippen molar-refractivity contribution in [2.75, 3.05) is 20.2 Å². The number of methoxy groups -OCH3 is 1. The molecular weight excluding hydrogens is 566 g/mol. The number of amides is 2. The van der Waals surface area contributed by atoms with Crippen molar-refractivity contribution in [1.29, 1.82) is 0 Å². The SMILES string of the molecule is CCCCCCCCNC(=O)[C@H](Cc1ccc(OCc2ccc(C(=O)OC)cc2)cc1)NC(=O)C1CCC(C[NH3+])CC1.[Cl-]. The van der Waals surface area contributed by atoms with E-state index in [0.717, 1.165) is 56.2 Å². The molecule has 2 amide bonds. The lowest BCUT2D eigenvalue weighted by atomic mass is 9.81. The summed E-state index contributed by atoms with van der Waals surface area (Å²) in [5, 5.41) is 6.15. The number of nitrogens with one attached hydrogen (secondary N) is 2. The highest BCUT2D eigenvalue weighted by molar-refractivity contribution is 5.89. The van der Waals surface area contributed by atoms with Crippen LogP contribution in [0.3, 0.4) is 0 Å². The van der Waals surface area contributed by atoms with Crippen LogP contribution in [0.15, 0.2) is 48.5 Å². The fourth-order valence-corrected chi connectivity index (χ4v) is 5.43. The van der Waals surface area contributed by atoms with Crippen molar-refractivity contribution in [2.24, 2.45) is 11.8 Å². The molecular formula is C34H50ClN3O5. The average molecular weight is 616 g/mol. The highest BCUT2D eigenvalue weighted by Gasteiger charge is 2.29. The smallest absolute Gasteiger partial charge is 0.337 e. The molecule has 0 heterocycles. The predicted octanol–water partition coefficient (Wildman–Crippen LogP) is 1.61. The molecule has 2 aromatic rings. The third-order valence-electron chi connectivity index (χ3n) is 8.23. The number of benzene rings is 2. The van der Waals surface area contributed by atoms with Crippen molar-refractivity contribution in [1.82, 2.24) is 10.6 Å². The van der Waals surface area contributed by atoms with Gasteiger partial charge in [0.25, 0.3) is 0 Å². The van der Waals surface area contributed by atoms with Gasteiger partial charge in [0.15, 0.2) is 0 Å². The van der Waals surface area contributed by atoms with Gasteiger partial charge in [0.1, 0.15) is 18.4 Å². The van der Waals surface area contributed by atoms with Crippen LogP contribution in [0.4, 0.5) is 0 Å².